The van der Waals surface area contributed by atoms with Gasteiger partial charge in [-0.2, -0.15) is 0 Å². The minimum Gasteiger partial charge on any atom is -0.477 e. The van der Waals surface area contributed by atoms with Gasteiger partial charge in [-0.05, 0) is 12.3 Å². The van der Waals surface area contributed by atoms with Crippen molar-refractivity contribution in [2.75, 3.05) is 6.61 Å². The van der Waals surface area contributed by atoms with Crippen molar-refractivity contribution in [3.05, 3.63) is 22.2 Å². The Hall–Kier alpha value is -1.32. The molecule has 0 aromatic carbocycles. The van der Waals surface area contributed by atoms with Crippen molar-refractivity contribution in [1.29, 1.82) is 0 Å². The molecule has 4 heteroatoms. The zero-order valence-electron chi connectivity index (χ0n) is 11.7. The maximum atomic E-state index is 11.4. The van der Waals surface area contributed by atoms with Crippen LogP contribution in [0.25, 0.3) is 0 Å². The molecule has 4 nitrogen and oxygen atoms in total. The number of hydrogen-bond donors (Lipinski definition) is 1. The first-order valence-electron chi connectivity index (χ1n) is 6.92. The summed E-state index contributed by atoms with van der Waals surface area (Å²) in [5.41, 5.74) is -0.140. The van der Waals surface area contributed by atoms with Crippen molar-refractivity contribution in [2.24, 2.45) is 5.92 Å². The number of hydrogen-bond acceptors (Lipinski definition) is 3. The normalized spacial score (nSPS) is 12.4. The van der Waals surface area contributed by atoms with Gasteiger partial charge < -0.3 is 9.72 Å². The van der Waals surface area contributed by atoms with Gasteiger partial charge in [0.25, 0.3) is 5.56 Å². The summed E-state index contributed by atoms with van der Waals surface area (Å²) in [7, 11) is 0. The Morgan fingerprint density at radius 1 is 1.39 bits per heavy atom. The minimum absolute atomic E-state index is 0.140. The first-order valence-corrected chi connectivity index (χ1v) is 6.92. The third-order valence-electron chi connectivity index (χ3n) is 3.11. The highest BCUT2D eigenvalue weighted by Gasteiger charge is 2.08. The Morgan fingerprint density at radius 2 is 2.17 bits per heavy atom. The van der Waals surface area contributed by atoms with E-state index in [0.29, 0.717) is 30.7 Å². The molecule has 0 spiro atoms. The Morgan fingerprint density at radius 3 is 2.78 bits per heavy atom. The lowest BCUT2D eigenvalue weighted by molar-refractivity contribution is 0.225. The van der Waals surface area contributed by atoms with E-state index < -0.39 is 0 Å². The molecule has 0 aliphatic carbocycles. The van der Waals surface area contributed by atoms with Gasteiger partial charge in [0, 0.05) is 6.42 Å². The lowest BCUT2D eigenvalue weighted by Gasteiger charge is -2.15. The van der Waals surface area contributed by atoms with E-state index in [2.05, 4.69) is 23.8 Å². The third-order valence-corrected chi connectivity index (χ3v) is 3.11. The van der Waals surface area contributed by atoms with Gasteiger partial charge in [-0.15, -0.1) is 0 Å². The van der Waals surface area contributed by atoms with Crippen LogP contribution in [0.15, 0.2) is 10.9 Å². The molecule has 0 aliphatic rings. The van der Waals surface area contributed by atoms with Crippen LogP contribution < -0.4 is 10.3 Å². The van der Waals surface area contributed by atoms with E-state index in [4.69, 9.17) is 4.74 Å². The molecule has 1 heterocycles. The van der Waals surface area contributed by atoms with E-state index >= 15 is 0 Å². The third kappa shape index (κ3) is 4.90. The fourth-order valence-corrected chi connectivity index (χ4v) is 1.83. The number of nitrogens with zero attached hydrogens (tertiary/aromatic N) is 1. The second kappa shape index (κ2) is 7.90. The highest BCUT2D eigenvalue weighted by molar-refractivity contribution is 5.08. The molecule has 0 saturated heterocycles. The van der Waals surface area contributed by atoms with Gasteiger partial charge in [-0.25, -0.2) is 4.98 Å². The molecular formula is C14H24N2O2. The second-order valence-corrected chi connectivity index (χ2v) is 4.61. The zero-order chi connectivity index (χ0) is 13.4. The number of H-pyrrole nitrogens is 1. The molecule has 0 aliphatic heterocycles. The lowest BCUT2D eigenvalue weighted by atomic mass is 10.0. The molecule has 1 aromatic heterocycles. The van der Waals surface area contributed by atoms with Crippen molar-refractivity contribution in [3.63, 3.8) is 0 Å². The molecule has 0 fully saturated rings. The fourth-order valence-electron chi connectivity index (χ4n) is 1.83. The largest absolute Gasteiger partial charge is 0.477 e. The number of nitrogens with one attached hydrogen (secondary N) is 1. The molecule has 0 amide bonds. The summed E-state index contributed by atoms with van der Waals surface area (Å²) >= 11 is 0. The number of unbranched alkanes of at least 4 members (excludes halogenated alkanes) is 1. The van der Waals surface area contributed by atoms with Crippen molar-refractivity contribution >= 4 is 0 Å². The van der Waals surface area contributed by atoms with Gasteiger partial charge >= 0.3 is 0 Å². The Balaban J connectivity index is 2.56. The van der Waals surface area contributed by atoms with Crippen LogP contribution in [-0.4, -0.2) is 16.6 Å². The number of rotatable bonds is 8. The maximum Gasteiger partial charge on any atom is 0.254 e. The van der Waals surface area contributed by atoms with Gasteiger partial charge in [0.2, 0.25) is 5.88 Å². The topological polar surface area (TPSA) is 55.0 Å². The van der Waals surface area contributed by atoms with E-state index in [0.717, 1.165) is 6.42 Å². The summed E-state index contributed by atoms with van der Waals surface area (Å²) in [4.78, 5) is 18.3. The average Bonchev–Trinajstić information content (AvgIpc) is 2.38. The van der Waals surface area contributed by atoms with E-state index in [-0.39, 0.29) is 5.56 Å². The first-order chi connectivity index (χ1) is 8.69. The van der Waals surface area contributed by atoms with Crippen LogP contribution in [0.2, 0.25) is 0 Å². The van der Waals surface area contributed by atoms with E-state index in [1.165, 1.54) is 25.3 Å². The van der Waals surface area contributed by atoms with Gasteiger partial charge in [-0.3, -0.25) is 4.79 Å². The molecule has 1 atom stereocenters. The summed E-state index contributed by atoms with van der Waals surface area (Å²) in [5, 5.41) is 0. The quantitative estimate of drug-likeness (QED) is 0.774. The lowest BCUT2D eigenvalue weighted by Crippen LogP contribution is -2.15. The van der Waals surface area contributed by atoms with Gasteiger partial charge in [-0.1, -0.05) is 40.0 Å². The van der Waals surface area contributed by atoms with E-state index in [1.54, 1.807) is 0 Å². The van der Waals surface area contributed by atoms with Crippen LogP contribution in [0, 0.1) is 5.92 Å². The Labute approximate surface area is 109 Å². The van der Waals surface area contributed by atoms with Crippen LogP contribution in [0.5, 0.6) is 5.88 Å². The number of aromatic nitrogens is 2. The smallest absolute Gasteiger partial charge is 0.254 e. The molecule has 0 radical (unpaired) electrons. The van der Waals surface area contributed by atoms with Crippen LogP contribution in [0.1, 0.15) is 52.3 Å². The molecule has 18 heavy (non-hydrogen) atoms. The molecule has 1 rings (SSSR count). The van der Waals surface area contributed by atoms with Gasteiger partial charge in [0.1, 0.15) is 5.82 Å². The van der Waals surface area contributed by atoms with Crippen LogP contribution in [-0.2, 0) is 6.42 Å². The first kappa shape index (κ1) is 14.7. The fraction of sp³-hybridized carbons (Fsp3) is 0.714. The van der Waals surface area contributed by atoms with Crippen LogP contribution in [0.3, 0.4) is 0 Å². The SMILES string of the molecule is CCCCC(CC)COc1cc(=O)[nH]c(CC)n1. The Kier molecular flexibility index (Phi) is 6.47. The van der Waals surface area contributed by atoms with Crippen molar-refractivity contribution in [1.82, 2.24) is 9.97 Å². The summed E-state index contributed by atoms with van der Waals surface area (Å²) in [5.74, 6) is 1.68. The minimum atomic E-state index is -0.140. The van der Waals surface area contributed by atoms with Crippen molar-refractivity contribution in [2.45, 2.75) is 52.9 Å². The molecule has 0 bridgehead atoms. The predicted octanol–water partition coefficient (Wildman–Crippen LogP) is 2.93. The molecule has 0 saturated carbocycles. The molecule has 1 unspecified atom stereocenters. The summed E-state index contributed by atoms with van der Waals surface area (Å²) in [6.45, 7) is 6.97. The molecule has 102 valence electrons. The summed E-state index contributed by atoms with van der Waals surface area (Å²) in [6, 6.07) is 1.42. The summed E-state index contributed by atoms with van der Waals surface area (Å²) < 4.78 is 5.65. The molecular weight excluding hydrogens is 228 g/mol. The highest BCUT2D eigenvalue weighted by Crippen LogP contribution is 2.14. The van der Waals surface area contributed by atoms with Crippen LogP contribution >= 0.6 is 0 Å². The predicted molar refractivity (Wildman–Crippen MR) is 73.0 cm³/mol. The maximum absolute atomic E-state index is 11.4. The Bertz CT molecular complexity index is 401. The van der Waals surface area contributed by atoms with Crippen LogP contribution in [0.4, 0.5) is 0 Å². The van der Waals surface area contributed by atoms with E-state index in [9.17, 15) is 4.79 Å². The number of aryl methyl sites for hydroxylation is 1. The van der Waals surface area contributed by atoms with Gasteiger partial charge in [0.15, 0.2) is 0 Å². The average molecular weight is 252 g/mol. The van der Waals surface area contributed by atoms with Crippen molar-refractivity contribution < 1.29 is 4.74 Å². The standard InChI is InChI=1S/C14H24N2O2/c1-4-7-8-11(5-2)10-18-14-9-13(17)15-12(6-3)16-14/h9,11H,4-8,10H2,1-3H3,(H,15,16,17). The highest BCUT2D eigenvalue weighted by atomic mass is 16.5. The molecule has 1 N–H and O–H groups in total. The van der Waals surface area contributed by atoms with E-state index in [1.807, 2.05) is 6.92 Å². The monoisotopic (exact) mass is 252 g/mol. The zero-order valence-corrected chi connectivity index (χ0v) is 11.7. The number of aromatic amines is 1. The molecule has 1 aromatic rings. The second-order valence-electron chi connectivity index (χ2n) is 4.61. The van der Waals surface area contributed by atoms with Crippen molar-refractivity contribution in [3.8, 4) is 5.88 Å². The number of ether oxygens (including phenoxy) is 1. The van der Waals surface area contributed by atoms with Gasteiger partial charge in [0.05, 0.1) is 12.7 Å². The summed E-state index contributed by atoms with van der Waals surface area (Å²) in [6.07, 6.45) is 5.42.